The molecule has 2 rings (SSSR count). The minimum Gasteiger partial charge on any atom is -0.480 e. The number of carboxylic acid groups (broad SMARTS) is 1. The molecule has 5 heteroatoms. The second kappa shape index (κ2) is 6.05. The Morgan fingerprint density at radius 2 is 2.10 bits per heavy atom. The number of aryl methyl sites for hydroxylation is 1. The lowest BCUT2D eigenvalue weighted by Crippen LogP contribution is -2.40. The lowest BCUT2D eigenvalue weighted by Gasteiger charge is -2.17. The second-order valence-electron chi connectivity index (χ2n) is 5.22. The van der Waals surface area contributed by atoms with Gasteiger partial charge in [0.05, 0.1) is 11.2 Å². The van der Waals surface area contributed by atoms with Crippen molar-refractivity contribution < 1.29 is 9.90 Å². The van der Waals surface area contributed by atoms with Gasteiger partial charge in [0.25, 0.3) is 0 Å². The molecule has 0 saturated carbocycles. The number of hydrogen-bond acceptors (Lipinski definition) is 3. The van der Waals surface area contributed by atoms with Crippen LogP contribution in [0.5, 0.6) is 0 Å². The molecule has 0 radical (unpaired) electrons. The van der Waals surface area contributed by atoms with Gasteiger partial charge in [0.2, 0.25) is 0 Å². The van der Waals surface area contributed by atoms with Gasteiger partial charge in [0.1, 0.15) is 6.04 Å². The van der Waals surface area contributed by atoms with E-state index in [1.807, 2.05) is 49.7 Å². The Labute approximate surface area is 118 Å². The zero-order valence-corrected chi connectivity index (χ0v) is 12.1. The Bertz CT molecular complexity index is 604. The Balaban J connectivity index is 2.24. The summed E-state index contributed by atoms with van der Waals surface area (Å²) in [5, 5.41) is 17.9. The van der Waals surface area contributed by atoms with Crippen LogP contribution in [0.2, 0.25) is 0 Å². The predicted octanol–water partition coefficient (Wildman–Crippen LogP) is 2.25. The second-order valence-corrected chi connectivity index (χ2v) is 5.22. The van der Waals surface area contributed by atoms with Crippen LogP contribution < -0.4 is 5.32 Å². The zero-order chi connectivity index (χ0) is 14.7. The Morgan fingerprint density at radius 3 is 2.70 bits per heavy atom. The zero-order valence-electron chi connectivity index (χ0n) is 12.1. The molecule has 20 heavy (non-hydrogen) atoms. The highest BCUT2D eigenvalue weighted by Crippen LogP contribution is 2.18. The summed E-state index contributed by atoms with van der Waals surface area (Å²) >= 11 is 0. The van der Waals surface area contributed by atoms with Gasteiger partial charge < -0.3 is 5.11 Å². The first-order chi connectivity index (χ1) is 9.54. The largest absolute Gasteiger partial charge is 0.480 e. The van der Waals surface area contributed by atoms with Crippen LogP contribution in [0.15, 0.2) is 24.3 Å². The van der Waals surface area contributed by atoms with Gasteiger partial charge in [-0.05, 0) is 18.9 Å². The molecule has 0 aliphatic carbocycles. The van der Waals surface area contributed by atoms with Gasteiger partial charge in [0, 0.05) is 18.5 Å². The summed E-state index contributed by atoms with van der Waals surface area (Å²) in [4.78, 5) is 11.2. The summed E-state index contributed by atoms with van der Waals surface area (Å²) < 4.78 is 1.94. The highest BCUT2D eigenvalue weighted by molar-refractivity contribution is 5.82. The maximum Gasteiger partial charge on any atom is 0.320 e. The number of aliphatic carboxylic acids is 1. The fourth-order valence-electron chi connectivity index (χ4n) is 2.38. The standard InChI is InChI=1S/C15H21N3O2/c1-4-18-13-8-6-5-7-11(13)12(17-18)9-16-14(10(2)3)15(19)20/h5-8,10,14,16H,4,9H2,1-3H3,(H,19,20). The van der Waals surface area contributed by atoms with E-state index in [0.717, 1.165) is 23.1 Å². The van der Waals surface area contributed by atoms with E-state index in [1.54, 1.807) is 0 Å². The van der Waals surface area contributed by atoms with E-state index in [4.69, 9.17) is 0 Å². The Kier molecular flexibility index (Phi) is 4.39. The van der Waals surface area contributed by atoms with Gasteiger partial charge in [-0.25, -0.2) is 0 Å². The predicted molar refractivity (Wildman–Crippen MR) is 78.5 cm³/mol. The lowest BCUT2D eigenvalue weighted by molar-refractivity contribution is -0.140. The highest BCUT2D eigenvalue weighted by Gasteiger charge is 2.21. The Hall–Kier alpha value is -1.88. The van der Waals surface area contributed by atoms with Gasteiger partial charge in [-0.1, -0.05) is 32.0 Å². The number of fused-ring (bicyclic) bond motifs is 1. The third-order valence-corrected chi connectivity index (χ3v) is 3.46. The molecule has 1 aromatic carbocycles. The molecule has 1 unspecified atom stereocenters. The van der Waals surface area contributed by atoms with Crippen molar-refractivity contribution in [2.45, 2.75) is 39.9 Å². The number of rotatable bonds is 6. The molecule has 1 aromatic heterocycles. The van der Waals surface area contributed by atoms with Crippen molar-refractivity contribution in [3.63, 3.8) is 0 Å². The number of hydrogen-bond donors (Lipinski definition) is 2. The smallest absolute Gasteiger partial charge is 0.320 e. The first-order valence-electron chi connectivity index (χ1n) is 6.95. The number of carboxylic acids is 1. The molecule has 0 spiro atoms. The quantitative estimate of drug-likeness (QED) is 0.848. The number of benzene rings is 1. The number of carbonyl (C=O) groups is 1. The summed E-state index contributed by atoms with van der Waals surface area (Å²) in [6.45, 7) is 7.10. The van der Waals surface area contributed by atoms with E-state index in [-0.39, 0.29) is 5.92 Å². The topological polar surface area (TPSA) is 67.2 Å². The summed E-state index contributed by atoms with van der Waals surface area (Å²) in [6.07, 6.45) is 0. The maximum absolute atomic E-state index is 11.2. The van der Waals surface area contributed by atoms with Crippen LogP contribution in [0.25, 0.3) is 10.9 Å². The SMILES string of the molecule is CCn1nc(CNC(C(=O)O)C(C)C)c2ccccc21. The summed E-state index contributed by atoms with van der Waals surface area (Å²) in [5.74, 6) is -0.786. The van der Waals surface area contributed by atoms with Gasteiger partial charge >= 0.3 is 5.97 Å². The third kappa shape index (κ3) is 2.82. The van der Waals surface area contributed by atoms with Crippen molar-refractivity contribution in [2.24, 2.45) is 5.92 Å². The molecular formula is C15H21N3O2. The fourth-order valence-corrected chi connectivity index (χ4v) is 2.38. The molecule has 108 valence electrons. The molecule has 2 N–H and O–H groups in total. The van der Waals surface area contributed by atoms with Crippen LogP contribution in [-0.2, 0) is 17.9 Å². The van der Waals surface area contributed by atoms with Gasteiger partial charge in [-0.3, -0.25) is 14.8 Å². The van der Waals surface area contributed by atoms with E-state index in [1.165, 1.54) is 0 Å². The average Bonchev–Trinajstić information content (AvgIpc) is 2.77. The summed E-state index contributed by atoms with van der Waals surface area (Å²) in [7, 11) is 0. The average molecular weight is 275 g/mol. The van der Waals surface area contributed by atoms with Crippen molar-refractivity contribution in [1.82, 2.24) is 15.1 Å². The van der Waals surface area contributed by atoms with E-state index < -0.39 is 12.0 Å². The van der Waals surface area contributed by atoms with Crippen LogP contribution >= 0.6 is 0 Å². The fraction of sp³-hybridized carbons (Fsp3) is 0.467. The first-order valence-corrected chi connectivity index (χ1v) is 6.95. The molecule has 0 amide bonds. The maximum atomic E-state index is 11.2. The minimum absolute atomic E-state index is 0.0343. The molecule has 0 bridgehead atoms. The number of para-hydroxylation sites is 1. The molecule has 1 atom stereocenters. The van der Waals surface area contributed by atoms with Crippen molar-refractivity contribution in [3.05, 3.63) is 30.0 Å². The first kappa shape index (κ1) is 14.5. The molecule has 0 fully saturated rings. The summed E-state index contributed by atoms with van der Waals surface area (Å²) in [5.41, 5.74) is 1.98. The minimum atomic E-state index is -0.820. The van der Waals surface area contributed by atoms with Crippen molar-refractivity contribution in [3.8, 4) is 0 Å². The number of nitrogens with zero attached hydrogens (tertiary/aromatic N) is 2. The molecule has 1 heterocycles. The third-order valence-electron chi connectivity index (χ3n) is 3.46. The normalized spacial score (nSPS) is 13.0. The van der Waals surface area contributed by atoms with Crippen LogP contribution in [0.3, 0.4) is 0 Å². The number of nitrogens with one attached hydrogen (secondary N) is 1. The van der Waals surface area contributed by atoms with E-state index in [9.17, 15) is 9.90 Å². The van der Waals surface area contributed by atoms with Crippen LogP contribution in [-0.4, -0.2) is 26.9 Å². The van der Waals surface area contributed by atoms with Crippen molar-refractivity contribution in [1.29, 1.82) is 0 Å². The van der Waals surface area contributed by atoms with Crippen LogP contribution in [0.4, 0.5) is 0 Å². The van der Waals surface area contributed by atoms with E-state index in [2.05, 4.69) is 10.4 Å². The van der Waals surface area contributed by atoms with Gasteiger partial charge in [0.15, 0.2) is 0 Å². The lowest BCUT2D eigenvalue weighted by atomic mass is 10.0. The van der Waals surface area contributed by atoms with Gasteiger partial charge in [-0.2, -0.15) is 5.10 Å². The summed E-state index contributed by atoms with van der Waals surface area (Å²) in [6, 6.07) is 7.47. The van der Waals surface area contributed by atoms with Crippen molar-refractivity contribution >= 4 is 16.9 Å². The molecular weight excluding hydrogens is 254 g/mol. The highest BCUT2D eigenvalue weighted by atomic mass is 16.4. The molecule has 2 aromatic rings. The molecule has 0 saturated heterocycles. The molecule has 5 nitrogen and oxygen atoms in total. The van der Waals surface area contributed by atoms with E-state index >= 15 is 0 Å². The molecule has 0 aliphatic rings. The Morgan fingerprint density at radius 1 is 1.40 bits per heavy atom. The van der Waals surface area contributed by atoms with Crippen molar-refractivity contribution in [2.75, 3.05) is 0 Å². The van der Waals surface area contributed by atoms with Gasteiger partial charge in [-0.15, -0.1) is 0 Å². The molecule has 0 aliphatic heterocycles. The van der Waals surface area contributed by atoms with Crippen LogP contribution in [0, 0.1) is 5.92 Å². The monoisotopic (exact) mass is 275 g/mol. The van der Waals surface area contributed by atoms with E-state index in [0.29, 0.717) is 6.54 Å². The number of aromatic nitrogens is 2. The van der Waals surface area contributed by atoms with Crippen LogP contribution in [0.1, 0.15) is 26.5 Å².